The summed E-state index contributed by atoms with van der Waals surface area (Å²) < 4.78 is 0. The van der Waals surface area contributed by atoms with E-state index in [9.17, 15) is 9.59 Å². The molecule has 2 saturated heterocycles. The van der Waals surface area contributed by atoms with Gasteiger partial charge in [0, 0.05) is 39.6 Å². The summed E-state index contributed by atoms with van der Waals surface area (Å²) in [5, 5.41) is 3.26. The molecular formula is C13H23N3O2. The van der Waals surface area contributed by atoms with Crippen LogP contribution in [-0.4, -0.2) is 60.9 Å². The molecule has 18 heavy (non-hydrogen) atoms. The van der Waals surface area contributed by atoms with Crippen molar-refractivity contribution in [3.63, 3.8) is 0 Å². The molecule has 2 heterocycles. The van der Waals surface area contributed by atoms with E-state index in [1.165, 1.54) is 0 Å². The Morgan fingerprint density at radius 3 is 2.39 bits per heavy atom. The van der Waals surface area contributed by atoms with Crippen LogP contribution in [0.25, 0.3) is 0 Å². The molecule has 102 valence electrons. The Morgan fingerprint density at radius 2 is 1.78 bits per heavy atom. The summed E-state index contributed by atoms with van der Waals surface area (Å²) in [4.78, 5) is 27.7. The highest BCUT2D eigenvalue weighted by Crippen LogP contribution is 2.27. The number of amides is 2. The third kappa shape index (κ3) is 2.66. The van der Waals surface area contributed by atoms with E-state index in [4.69, 9.17) is 0 Å². The van der Waals surface area contributed by atoms with Gasteiger partial charge in [0.2, 0.25) is 11.8 Å². The maximum Gasteiger partial charge on any atom is 0.229 e. The number of hydrogen-bond donors (Lipinski definition) is 1. The smallest absolute Gasteiger partial charge is 0.229 e. The van der Waals surface area contributed by atoms with Gasteiger partial charge in [0.1, 0.15) is 0 Å². The van der Waals surface area contributed by atoms with Gasteiger partial charge in [0.25, 0.3) is 0 Å². The van der Waals surface area contributed by atoms with Crippen molar-refractivity contribution in [1.29, 1.82) is 0 Å². The Balaban J connectivity index is 1.97. The second-order valence-electron chi connectivity index (χ2n) is 5.64. The predicted molar refractivity (Wildman–Crippen MR) is 69.0 cm³/mol. The van der Waals surface area contributed by atoms with Gasteiger partial charge in [-0.15, -0.1) is 0 Å². The van der Waals surface area contributed by atoms with Crippen molar-refractivity contribution in [2.45, 2.75) is 26.7 Å². The molecule has 0 saturated carbocycles. The summed E-state index contributed by atoms with van der Waals surface area (Å²) in [6.45, 7) is 8.24. The van der Waals surface area contributed by atoms with Crippen LogP contribution < -0.4 is 5.32 Å². The van der Waals surface area contributed by atoms with Gasteiger partial charge in [-0.1, -0.05) is 0 Å². The number of carbonyl (C=O) groups excluding carboxylic acids is 2. The number of rotatable bonds is 1. The van der Waals surface area contributed by atoms with Gasteiger partial charge in [-0.05, 0) is 26.3 Å². The zero-order chi connectivity index (χ0) is 13.2. The normalized spacial score (nSPS) is 29.2. The van der Waals surface area contributed by atoms with Gasteiger partial charge in [0.05, 0.1) is 5.41 Å². The maximum atomic E-state index is 12.5. The van der Waals surface area contributed by atoms with Gasteiger partial charge < -0.3 is 15.1 Å². The van der Waals surface area contributed by atoms with E-state index in [1.807, 2.05) is 16.7 Å². The lowest BCUT2D eigenvalue weighted by atomic mass is 9.88. The fourth-order valence-corrected chi connectivity index (χ4v) is 2.82. The van der Waals surface area contributed by atoms with Crippen LogP contribution in [0.3, 0.4) is 0 Å². The molecule has 2 aliphatic heterocycles. The van der Waals surface area contributed by atoms with Crippen molar-refractivity contribution in [3.8, 4) is 0 Å². The van der Waals surface area contributed by atoms with Gasteiger partial charge in [0.15, 0.2) is 0 Å². The molecule has 0 radical (unpaired) electrons. The molecule has 1 atom stereocenters. The molecule has 2 fully saturated rings. The molecule has 0 aromatic carbocycles. The molecule has 1 N–H and O–H groups in total. The van der Waals surface area contributed by atoms with Crippen molar-refractivity contribution in [2.24, 2.45) is 5.41 Å². The van der Waals surface area contributed by atoms with Gasteiger partial charge in [-0.3, -0.25) is 9.59 Å². The summed E-state index contributed by atoms with van der Waals surface area (Å²) >= 11 is 0. The van der Waals surface area contributed by atoms with Crippen LogP contribution in [-0.2, 0) is 9.59 Å². The van der Waals surface area contributed by atoms with Gasteiger partial charge in [-0.25, -0.2) is 0 Å². The number of carbonyl (C=O) groups is 2. The summed E-state index contributed by atoms with van der Waals surface area (Å²) in [6, 6.07) is 0. The van der Waals surface area contributed by atoms with Crippen molar-refractivity contribution in [1.82, 2.24) is 15.1 Å². The number of nitrogens with zero attached hydrogens (tertiary/aromatic N) is 2. The molecule has 0 aromatic rings. The first kappa shape index (κ1) is 13.3. The Hall–Kier alpha value is -1.10. The standard InChI is InChI=1S/C13H23N3O2/c1-11(17)15-6-3-7-16(9-8-15)12(18)13(2)4-5-14-10-13/h14H,3-10H2,1-2H3. The molecule has 0 bridgehead atoms. The second kappa shape index (κ2) is 5.26. The van der Waals surface area contributed by atoms with Gasteiger partial charge >= 0.3 is 0 Å². The zero-order valence-electron chi connectivity index (χ0n) is 11.4. The molecule has 5 heteroatoms. The molecular weight excluding hydrogens is 230 g/mol. The van der Waals surface area contributed by atoms with Crippen molar-refractivity contribution in [3.05, 3.63) is 0 Å². The second-order valence-corrected chi connectivity index (χ2v) is 5.64. The molecule has 2 amide bonds. The zero-order valence-corrected chi connectivity index (χ0v) is 11.4. The number of hydrogen-bond acceptors (Lipinski definition) is 3. The van der Waals surface area contributed by atoms with E-state index in [0.29, 0.717) is 13.1 Å². The largest absolute Gasteiger partial charge is 0.341 e. The molecule has 5 nitrogen and oxygen atoms in total. The monoisotopic (exact) mass is 253 g/mol. The Bertz CT molecular complexity index is 337. The van der Waals surface area contributed by atoms with Crippen molar-refractivity contribution < 1.29 is 9.59 Å². The minimum atomic E-state index is -0.245. The SMILES string of the molecule is CC(=O)N1CCCN(C(=O)C2(C)CCNC2)CC1. The predicted octanol–water partition coefficient (Wildman–Crippen LogP) is 0.0668. The minimum absolute atomic E-state index is 0.109. The summed E-state index contributed by atoms with van der Waals surface area (Å²) in [5.74, 6) is 0.357. The van der Waals surface area contributed by atoms with Crippen LogP contribution in [0, 0.1) is 5.41 Å². The fraction of sp³-hybridized carbons (Fsp3) is 0.846. The van der Waals surface area contributed by atoms with Crippen LogP contribution in [0.15, 0.2) is 0 Å². The van der Waals surface area contributed by atoms with E-state index in [-0.39, 0.29) is 17.2 Å². The lowest BCUT2D eigenvalue weighted by Crippen LogP contribution is -2.45. The summed E-state index contributed by atoms with van der Waals surface area (Å²) in [6.07, 6.45) is 1.80. The Labute approximate surface area is 108 Å². The van der Waals surface area contributed by atoms with Gasteiger partial charge in [-0.2, -0.15) is 0 Å². The maximum absolute atomic E-state index is 12.5. The van der Waals surface area contributed by atoms with Crippen molar-refractivity contribution >= 4 is 11.8 Å². The highest BCUT2D eigenvalue weighted by Gasteiger charge is 2.39. The van der Waals surface area contributed by atoms with E-state index in [1.54, 1.807) is 6.92 Å². The molecule has 2 rings (SSSR count). The fourth-order valence-electron chi connectivity index (χ4n) is 2.82. The average molecular weight is 253 g/mol. The summed E-state index contributed by atoms with van der Waals surface area (Å²) in [7, 11) is 0. The quantitative estimate of drug-likeness (QED) is 0.719. The summed E-state index contributed by atoms with van der Waals surface area (Å²) in [5.41, 5.74) is -0.245. The number of nitrogens with one attached hydrogen (secondary N) is 1. The molecule has 0 aromatic heterocycles. The van der Waals surface area contributed by atoms with E-state index in [2.05, 4.69) is 5.32 Å². The first-order valence-corrected chi connectivity index (χ1v) is 6.78. The Morgan fingerprint density at radius 1 is 1.11 bits per heavy atom. The first-order valence-electron chi connectivity index (χ1n) is 6.78. The third-order valence-corrected chi connectivity index (χ3v) is 4.11. The topological polar surface area (TPSA) is 52.7 Å². The van der Waals surface area contributed by atoms with Crippen LogP contribution in [0.1, 0.15) is 26.7 Å². The van der Waals surface area contributed by atoms with E-state index < -0.39 is 0 Å². The molecule has 0 spiro atoms. The third-order valence-electron chi connectivity index (χ3n) is 4.11. The van der Waals surface area contributed by atoms with E-state index >= 15 is 0 Å². The molecule has 2 aliphatic rings. The lowest BCUT2D eigenvalue weighted by molar-refractivity contribution is -0.140. The van der Waals surface area contributed by atoms with E-state index in [0.717, 1.165) is 39.0 Å². The van der Waals surface area contributed by atoms with Crippen LogP contribution in [0.4, 0.5) is 0 Å². The first-order chi connectivity index (χ1) is 8.53. The average Bonchev–Trinajstić information content (AvgIpc) is 2.65. The molecule has 1 unspecified atom stereocenters. The highest BCUT2D eigenvalue weighted by molar-refractivity contribution is 5.83. The Kier molecular flexibility index (Phi) is 3.90. The minimum Gasteiger partial charge on any atom is -0.341 e. The van der Waals surface area contributed by atoms with Crippen LogP contribution in [0.2, 0.25) is 0 Å². The van der Waals surface area contributed by atoms with Crippen LogP contribution in [0.5, 0.6) is 0 Å². The highest BCUT2D eigenvalue weighted by atomic mass is 16.2. The van der Waals surface area contributed by atoms with Crippen molar-refractivity contribution in [2.75, 3.05) is 39.3 Å². The molecule has 0 aliphatic carbocycles. The van der Waals surface area contributed by atoms with Crippen LogP contribution >= 0.6 is 0 Å². The lowest BCUT2D eigenvalue weighted by Gasteiger charge is -2.30.